The van der Waals surface area contributed by atoms with Crippen LogP contribution in [-0.4, -0.2) is 16.3 Å². The summed E-state index contributed by atoms with van der Waals surface area (Å²) in [5, 5.41) is 6.88. The van der Waals surface area contributed by atoms with Crippen molar-refractivity contribution >= 4 is 11.4 Å². The second-order valence-electron chi connectivity index (χ2n) is 4.02. The molecule has 1 heterocycles. The first kappa shape index (κ1) is 12.3. The standard InChI is InChI=1S/C12H14F2N4/c1-18-5-3-9(17-18)2-4-16-12-10(13)6-8(15)7-11(12)14/h3,5-7,16H,2,4,15H2,1H3. The molecule has 0 aliphatic rings. The van der Waals surface area contributed by atoms with Crippen LogP contribution in [0.1, 0.15) is 5.69 Å². The van der Waals surface area contributed by atoms with Crippen molar-refractivity contribution < 1.29 is 8.78 Å². The second kappa shape index (κ2) is 5.03. The predicted octanol–water partition coefficient (Wildman–Crippen LogP) is 1.94. The molecule has 0 unspecified atom stereocenters. The van der Waals surface area contributed by atoms with Crippen molar-refractivity contribution in [2.75, 3.05) is 17.6 Å². The third-order valence-electron chi connectivity index (χ3n) is 2.52. The van der Waals surface area contributed by atoms with Crippen molar-refractivity contribution in [2.24, 2.45) is 7.05 Å². The molecule has 0 saturated heterocycles. The monoisotopic (exact) mass is 252 g/mol. The number of nitrogens with two attached hydrogens (primary N) is 1. The van der Waals surface area contributed by atoms with Gasteiger partial charge < -0.3 is 11.1 Å². The molecule has 2 aromatic rings. The molecule has 0 amide bonds. The van der Waals surface area contributed by atoms with Gasteiger partial charge in [0.1, 0.15) is 5.69 Å². The van der Waals surface area contributed by atoms with E-state index in [-0.39, 0.29) is 11.4 Å². The average Bonchev–Trinajstić information content (AvgIpc) is 2.68. The lowest BCUT2D eigenvalue weighted by Gasteiger charge is -2.08. The highest BCUT2D eigenvalue weighted by atomic mass is 19.1. The smallest absolute Gasteiger partial charge is 0.151 e. The van der Waals surface area contributed by atoms with Crippen molar-refractivity contribution in [1.29, 1.82) is 0 Å². The zero-order valence-corrected chi connectivity index (χ0v) is 9.95. The molecule has 0 spiro atoms. The Morgan fingerprint density at radius 2 is 2.00 bits per heavy atom. The van der Waals surface area contributed by atoms with Gasteiger partial charge in [-0.25, -0.2) is 8.78 Å². The van der Waals surface area contributed by atoms with E-state index in [0.29, 0.717) is 13.0 Å². The lowest BCUT2D eigenvalue weighted by molar-refractivity contribution is 0.589. The maximum Gasteiger partial charge on any atom is 0.151 e. The fourth-order valence-electron chi connectivity index (χ4n) is 1.67. The molecule has 2 rings (SSSR count). The zero-order chi connectivity index (χ0) is 13.1. The van der Waals surface area contributed by atoms with Gasteiger partial charge in [-0.2, -0.15) is 5.10 Å². The molecular weight excluding hydrogens is 238 g/mol. The first-order valence-electron chi connectivity index (χ1n) is 5.53. The molecule has 0 atom stereocenters. The number of nitrogen functional groups attached to an aromatic ring is 1. The minimum atomic E-state index is -0.687. The van der Waals surface area contributed by atoms with Crippen LogP contribution in [0, 0.1) is 11.6 Å². The Hall–Kier alpha value is -2.11. The molecule has 0 aliphatic carbocycles. The number of nitrogens with one attached hydrogen (secondary N) is 1. The van der Waals surface area contributed by atoms with Gasteiger partial charge in [-0.3, -0.25) is 4.68 Å². The number of aromatic nitrogens is 2. The van der Waals surface area contributed by atoms with Crippen LogP contribution >= 0.6 is 0 Å². The molecule has 3 N–H and O–H groups in total. The first-order valence-corrected chi connectivity index (χ1v) is 5.53. The van der Waals surface area contributed by atoms with Crippen LogP contribution in [0.4, 0.5) is 20.2 Å². The fraction of sp³-hybridized carbons (Fsp3) is 0.250. The van der Waals surface area contributed by atoms with Gasteiger partial charge in [0.2, 0.25) is 0 Å². The summed E-state index contributed by atoms with van der Waals surface area (Å²) in [4.78, 5) is 0. The van der Waals surface area contributed by atoms with Gasteiger partial charge in [0.25, 0.3) is 0 Å². The molecule has 4 nitrogen and oxygen atoms in total. The van der Waals surface area contributed by atoms with Crippen LogP contribution in [0.3, 0.4) is 0 Å². The number of aryl methyl sites for hydroxylation is 1. The van der Waals surface area contributed by atoms with Gasteiger partial charge in [0.15, 0.2) is 11.6 Å². The summed E-state index contributed by atoms with van der Waals surface area (Å²) in [5.74, 6) is -1.37. The molecule has 0 bridgehead atoms. The zero-order valence-electron chi connectivity index (χ0n) is 9.95. The predicted molar refractivity (Wildman–Crippen MR) is 66.2 cm³/mol. The Bertz CT molecular complexity index is 528. The van der Waals surface area contributed by atoms with E-state index in [1.54, 1.807) is 4.68 Å². The molecule has 96 valence electrons. The van der Waals surface area contributed by atoms with Gasteiger partial charge in [0, 0.05) is 31.9 Å². The first-order chi connectivity index (χ1) is 8.56. The van der Waals surface area contributed by atoms with E-state index in [4.69, 9.17) is 5.73 Å². The molecule has 0 radical (unpaired) electrons. The average molecular weight is 252 g/mol. The fourth-order valence-corrected chi connectivity index (χ4v) is 1.67. The van der Waals surface area contributed by atoms with Crippen molar-refractivity contribution in [3.05, 3.63) is 41.7 Å². The lowest BCUT2D eigenvalue weighted by atomic mass is 10.2. The maximum absolute atomic E-state index is 13.4. The highest BCUT2D eigenvalue weighted by Gasteiger charge is 2.09. The van der Waals surface area contributed by atoms with E-state index in [0.717, 1.165) is 17.8 Å². The van der Waals surface area contributed by atoms with Crippen LogP contribution in [0.25, 0.3) is 0 Å². The third kappa shape index (κ3) is 2.77. The Balaban J connectivity index is 1.98. The number of nitrogens with zero attached hydrogens (tertiary/aromatic N) is 2. The molecular formula is C12H14F2N4. The molecule has 0 saturated carbocycles. The number of anilines is 2. The largest absolute Gasteiger partial charge is 0.399 e. The van der Waals surface area contributed by atoms with Gasteiger partial charge in [-0.05, 0) is 18.2 Å². The summed E-state index contributed by atoms with van der Waals surface area (Å²) >= 11 is 0. The van der Waals surface area contributed by atoms with E-state index in [1.807, 2.05) is 19.3 Å². The van der Waals surface area contributed by atoms with Gasteiger partial charge >= 0.3 is 0 Å². The van der Waals surface area contributed by atoms with Gasteiger partial charge in [-0.15, -0.1) is 0 Å². The summed E-state index contributed by atoms with van der Waals surface area (Å²) in [5.41, 5.74) is 6.11. The van der Waals surface area contributed by atoms with E-state index in [2.05, 4.69) is 10.4 Å². The van der Waals surface area contributed by atoms with Crippen LogP contribution in [0.15, 0.2) is 24.4 Å². The van der Waals surface area contributed by atoms with E-state index >= 15 is 0 Å². The minimum Gasteiger partial charge on any atom is -0.399 e. The Morgan fingerprint density at radius 1 is 1.33 bits per heavy atom. The summed E-state index contributed by atoms with van der Waals surface area (Å²) in [7, 11) is 1.82. The van der Waals surface area contributed by atoms with Crippen LogP contribution in [0.5, 0.6) is 0 Å². The number of hydrogen-bond acceptors (Lipinski definition) is 3. The SMILES string of the molecule is Cn1ccc(CCNc2c(F)cc(N)cc2F)n1. The summed E-state index contributed by atoms with van der Waals surface area (Å²) in [6.45, 7) is 0.398. The molecule has 1 aromatic heterocycles. The van der Waals surface area contributed by atoms with E-state index in [9.17, 15) is 8.78 Å². The summed E-state index contributed by atoms with van der Waals surface area (Å²) in [6.07, 6.45) is 2.41. The molecule has 6 heteroatoms. The summed E-state index contributed by atoms with van der Waals surface area (Å²) in [6, 6.07) is 4.04. The summed E-state index contributed by atoms with van der Waals surface area (Å²) < 4.78 is 28.6. The second-order valence-corrected chi connectivity index (χ2v) is 4.02. The molecule has 1 aromatic carbocycles. The van der Waals surface area contributed by atoms with Gasteiger partial charge in [-0.1, -0.05) is 0 Å². The normalized spacial score (nSPS) is 10.6. The van der Waals surface area contributed by atoms with Crippen molar-refractivity contribution in [3.63, 3.8) is 0 Å². The quantitative estimate of drug-likeness (QED) is 0.817. The van der Waals surface area contributed by atoms with Crippen molar-refractivity contribution in [1.82, 2.24) is 9.78 Å². The topological polar surface area (TPSA) is 55.9 Å². The van der Waals surface area contributed by atoms with Crippen LogP contribution in [-0.2, 0) is 13.5 Å². The van der Waals surface area contributed by atoms with Crippen LogP contribution < -0.4 is 11.1 Å². The van der Waals surface area contributed by atoms with Gasteiger partial charge in [0.05, 0.1) is 5.69 Å². The Kier molecular flexibility index (Phi) is 3.45. The number of hydrogen-bond donors (Lipinski definition) is 2. The van der Waals surface area contributed by atoms with E-state index in [1.165, 1.54) is 0 Å². The highest BCUT2D eigenvalue weighted by molar-refractivity contribution is 5.54. The van der Waals surface area contributed by atoms with Crippen LogP contribution in [0.2, 0.25) is 0 Å². The molecule has 0 fully saturated rings. The number of rotatable bonds is 4. The minimum absolute atomic E-state index is 0.0697. The Labute approximate surface area is 103 Å². The van der Waals surface area contributed by atoms with Crippen molar-refractivity contribution in [3.8, 4) is 0 Å². The lowest BCUT2D eigenvalue weighted by Crippen LogP contribution is -2.09. The van der Waals surface area contributed by atoms with Crippen molar-refractivity contribution in [2.45, 2.75) is 6.42 Å². The number of benzene rings is 1. The maximum atomic E-state index is 13.4. The highest BCUT2D eigenvalue weighted by Crippen LogP contribution is 2.21. The molecule has 18 heavy (non-hydrogen) atoms. The molecule has 0 aliphatic heterocycles. The third-order valence-corrected chi connectivity index (χ3v) is 2.52. The number of halogens is 2. The Morgan fingerprint density at radius 3 is 2.56 bits per heavy atom. The van der Waals surface area contributed by atoms with E-state index < -0.39 is 11.6 Å².